The summed E-state index contributed by atoms with van der Waals surface area (Å²) in [7, 11) is 6.28. The minimum Gasteiger partial charge on any atom is -0.496 e. The molecule has 0 unspecified atom stereocenters. The van der Waals surface area contributed by atoms with Gasteiger partial charge in [0.05, 0.1) is 49.7 Å². The third-order valence-electron chi connectivity index (χ3n) is 4.84. The largest absolute Gasteiger partial charge is 0.496 e. The molecule has 1 heterocycles. The van der Waals surface area contributed by atoms with Gasteiger partial charge in [-0.05, 0) is 40.3 Å². The molecule has 148 valence electrons. The van der Waals surface area contributed by atoms with Gasteiger partial charge in [-0.15, -0.1) is 6.58 Å². The first-order valence-corrected chi connectivity index (χ1v) is 9.67. The first-order chi connectivity index (χ1) is 13.5. The lowest BCUT2D eigenvalue weighted by atomic mass is 9.82. The Bertz CT molecular complexity index is 889. The van der Waals surface area contributed by atoms with Gasteiger partial charge in [0.2, 0.25) is 11.7 Å². The predicted molar refractivity (Wildman–Crippen MR) is 116 cm³/mol. The van der Waals surface area contributed by atoms with Gasteiger partial charge < -0.3 is 23.8 Å². The van der Waals surface area contributed by atoms with Crippen LogP contribution in [-0.4, -0.2) is 34.3 Å². The molecule has 0 saturated carbocycles. The average molecular weight is 495 g/mol. The second kappa shape index (κ2) is 8.30. The van der Waals surface area contributed by atoms with Gasteiger partial charge in [-0.1, -0.05) is 12.1 Å². The van der Waals surface area contributed by atoms with Crippen molar-refractivity contribution in [2.75, 3.05) is 33.3 Å². The fourth-order valence-corrected chi connectivity index (χ4v) is 4.22. The quantitative estimate of drug-likeness (QED) is 0.327. The van der Waals surface area contributed by atoms with Gasteiger partial charge in [-0.3, -0.25) is 4.79 Å². The van der Waals surface area contributed by atoms with Gasteiger partial charge >= 0.3 is 0 Å². The van der Waals surface area contributed by atoms with E-state index in [1.165, 1.54) is 0 Å². The van der Waals surface area contributed by atoms with Crippen LogP contribution in [0.1, 0.15) is 11.6 Å². The van der Waals surface area contributed by atoms with Crippen LogP contribution in [0.2, 0.25) is 0 Å². The molecule has 0 N–H and O–H groups in total. The van der Waals surface area contributed by atoms with E-state index in [0.717, 1.165) is 14.9 Å². The number of carbonyl (C=O) groups is 1. The van der Waals surface area contributed by atoms with E-state index in [4.69, 9.17) is 18.9 Å². The van der Waals surface area contributed by atoms with E-state index in [1.54, 1.807) is 51.5 Å². The van der Waals surface area contributed by atoms with E-state index in [-0.39, 0.29) is 17.9 Å². The molecule has 3 rings (SSSR count). The minimum absolute atomic E-state index is 0.0277. The minimum atomic E-state index is -0.303. The third kappa shape index (κ3) is 3.28. The summed E-state index contributed by atoms with van der Waals surface area (Å²) in [4.78, 5) is 14.6. The Kier molecular flexibility index (Phi) is 6.02. The van der Waals surface area contributed by atoms with Crippen LogP contribution < -0.4 is 23.8 Å². The van der Waals surface area contributed by atoms with Gasteiger partial charge in [-0.2, -0.15) is 0 Å². The maximum absolute atomic E-state index is 12.9. The molecule has 2 aromatic carbocycles. The molecule has 28 heavy (non-hydrogen) atoms. The first kappa shape index (κ1) is 20.3. The van der Waals surface area contributed by atoms with E-state index >= 15 is 0 Å². The maximum atomic E-state index is 12.9. The smallest absolute Gasteiger partial charge is 0.236 e. The standard InChI is InChI=1S/C21H22INO5/c1-6-14-19(12-7-8-16(25-2)15(22)9-12)23(21(14)24)13-10-17(26-3)20(28-5)18(11-13)27-4/h6-11,14,19H,1H2,2-5H3/t14-,19-/m0/s1. The predicted octanol–water partition coefficient (Wildman–Crippen LogP) is 4.22. The summed E-state index contributed by atoms with van der Waals surface area (Å²) in [5, 5.41) is 0. The topological polar surface area (TPSA) is 57.2 Å². The van der Waals surface area contributed by atoms with Crippen molar-refractivity contribution in [2.45, 2.75) is 6.04 Å². The molecule has 1 saturated heterocycles. The Balaban J connectivity index is 2.08. The average Bonchev–Trinajstić information content (AvgIpc) is 2.71. The zero-order valence-electron chi connectivity index (χ0n) is 16.2. The van der Waals surface area contributed by atoms with Crippen LogP contribution in [0.25, 0.3) is 0 Å². The van der Waals surface area contributed by atoms with Gasteiger partial charge in [0.15, 0.2) is 11.5 Å². The molecule has 0 spiro atoms. The van der Waals surface area contributed by atoms with Crippen LogP contribution in [0, 0.1) is 9.49 Å². The molecule has 6 nitrogen and oxygen atoms in total. The summed E-state index contributed by atoms with van der Waals surface area (Å²) in [6.45, 7) is 3.84. The van der Waals surface area contributed by atoms with Gasteiger partial charge in [0, 0.05) is 12.1 Å². The zero-order valence-corrected chi connectivity index (χ0v) is 18.3. The number of nitrogens with zero attached hydrogens (tertiary/aromatic N) is 1. The molecule has 0 radical (unpaired) electrons. The van der Waals surface area contributed by atoms with Crippen molar-refractivity contribution in [3.63, 3.8) is 0 Å². The van der Waals surface area contributed by atoms with E-state index in [9.17, 15) is 4.79 Å². The summed E-state index contributed by atoms with van der Waals surface area (Å²) >= 11 is 2.23. The number of ether oxygens (including phenoxy) is 4. The molecule has 1 aliphatic rings. The summed E-state index contributed by atoms with van der Waals surface area (Å²) in [5.41, 5.74) is 1.68. The van der Waals surface area contributed by atoms with Crippen molar-refractivity contribution in [3.8, 4) is 23.0 Å². The Labute approximate surface area is 178 Å². The molecule has 2 atom stereocenters. The summed E-state index contributed by atoms with van der Waals surface area (Å²) in [6, 6.07) is 9.29. The number of benzene rings is 2. The molecule has 0 aromatic heterocycles. The van der Waals surface area contributed by atoms with Crippen molar-refractivity contribution < 1.29 is 23.7 Å². The zero-order chi connectivity index (χ0) is 20.4. The van der Waals surface area contributed by atoms with Crippen LogP contribution in [0.5, 0.6) is 23.0 Å². The molecule has 7 heteroatoms. The molecular weight excluding hydrogens is 473 g/mol. The SMILES string of the molecule is C=C[C@@H]1C(=O)N(c2cc(OC)c(OC)c(OC)c2)[C@H]1c1ccc(OC)c(I)c1. The number of carbonyl (C=O) groups excluding carboxylic acids is 1. The van der Waals surface area contributed by atoms with Crippen molar-refractivity contribution in [3.05, 3.63) is 52.1 Å². The second-order valence-corrected chi connectivity index (χ2v) is 7.35. The fourth-order valence-electron chi connectivity index (χ4n) is 3.46. The highest BCUT2D eigenvalue weighted by Crippen LogP contribution is 2.49. The lowest BCUT2D eigenvalue weighted by Gasteiger charge is -2.46. The normalized spacial score (nSPS) is 18.3. The Hall–Kier alpha value is -2.42. The highest BCUT2D eigenvalue weighted by atomic mass is 127. The Morgan fingerprint density at radius 3 is 2.04 bits per heavy atom. The Morgan fingerprint density at radius 2 is 1.57 bits per heavy atom. The van der Waals surface area contributed by atoms with E-state index in [2.05, 4.69) is 29.2 Å². The number of rotatable bonds is 7. The number of halogens is 1. The van der Waals surface area contributed by atoms with Gasteiger partial charge in [0.25, 0.3) is 0 Å². The van der Waals surface area contributed by atoms with Crippen molar-refractivity contribution in [2.24, 2.45) is 5.92 Å². The number of methoxy groups -OCH3 is 4. The molecule has 1 fully saturated rings. The number of β-lactam (4-membered cyclic amide) rings is 1. The van der Waals surface area contributed by atoms with Crippen LogP contribution in [-0.2, 0) is 4.79 Å². The number of anilines is 1. The van der Waals surface area contributed by atoms with E-state index < -0.39 is 0 Å². The highest BCUT2D eigenvalue weighted by molar-refractivity contribution is 14.1. The first-order valence-electron chi connectivity index (χ1n) is 8.59. The van der Waals surface area contributed by atoms with E-state index in [0.29, 0.717) is 22.9 Å². The van der Waals surface area contributed by atoms with Crippen LogP contribution >= 0.6 is 22.6 Å². The lowest BCUT2D eigenvalue weighted by molar-refractivity contribution is -0.128. The summed E-state index contributed by atoms with van der Waals surface area (Å²) in [6.07, 6.45) is 1.69. The van der Waals surface area contributed by atoms with E-state index in [1.807, 2.05) is 18.2 Å². The van der Waals surface area contributed by atoms with Crippen molar-refractivity contribution in [1.82, 2.24) is 0 Å². The van der Waals surface area contributed by atoms with Gasteiger partial charge in [0.1, 0.15) is 5.75 Å². The highest BCUT2D eigenvalue weighted by Gasteiger charge is 2.47. The number of amides is 1. The third-order valence-corrected chi connectivity index (χ3v) is 5.68. The summed E-state index contributed by atoms with van der Waals surface area (Å²) in [5.74, 6) is 1.94. The Morgan fingerprint density at radius 1 is 0.964 bits per heavy atom. The monoisotopic (exact) mass is 495 g/mol. The lowest BCUT2D eigenvalue weighted by Crippen LogP contribution is -2.54. The maximum Gasteiger partial charge on any atom is 0.236 e. The molecule has 0 bridgehead atoms. The molecule has 1 amide bonds. The van der Waals surface area contributed by atoms with Crippen LogP contribution in [0.4, 0.5) is 5.69 Å². The van der Waals surface area contributed by atoms with Gasteiger partial charge in [-0.25, -0.2) is 0 Å². The second-order valence-electron chi connectivity index (χ2n) is 6.19. The number of hydrogen-bond donors (Lipinski definition) is 0. The van der Waals surface area contributed by atoms with Crippen molar-refractivity contribution >= 4 is 34.2 Å². The molecule has 0 aliphatic carbocycles. The van der Waals surface area contributed by atoms with Crippen molar-refractivity contribution in [1.29, 1.82) is 0 Å². The van der Waals surface area contributed by atoms with Crippen LogP contribution in [0.3, 0.4) is 0 Å². The summed E-state index contributed by atoms with van der Waals surface area (Å²) < 4.78 is 22.6. The fraction of sp³-hybridized carbons (Fsp3) is 0.286. The molecule has 1 aliphatic heterocycles. The van der Waals surface area contributed by atoms with Crippen LogP contribution in [0.15, 0.2) is 43.0 Å². The number of hydrogen-bond acceptors (Lipinski definition) is 5. The molecule has 2 aromatic rings. The molecular formula is C21H22INO5.